The van der Waals surface area contributed by atoms with Crippen molar-refractivity contribution < 1.29 is 4.79 Å². The van der Waals surface area contributed by atoms with Crippen LogP contribution in [0.15, 0.2) is 18.2 Å². The van der Waals surface area contributed by atoms with Crippen LogP contribution in [-0.2, 0) is 11.2 Å². The molecule has 0 bridgehead atoms. The Morgan fingerprint density at radius 2 is 1.72 bits per heavy atom. The first-order valence-corrected chi connectivity index (χ1v) is 7.17. The summed E-state index contributed by atoms with van der Waals surface area (Å²) in [4.78, 5) is 12.7. The van der Waals surface area contributed by atoms with Crippen LogP contribution < -0.4 is 0 Å². The zero-order chi connectivity index (χ0) is 13.2. The summed E-state index contributed by atoms with van der Waals surface area (Å²) < 4.78 is 0. The third-order valence-corrected chi connectivity index (χ3v) is 4.81. The molecule has 1 aliphatic rings. The van der Waals surface area contributed by atoms with Gasteiger partial charge in [0.05, 0.1) is 0 Å². The predicted molar refractivity (Wildman–Crippen MR) is 75.8 cm³/mol. The molecular formula is C17H24O. The van der Waals surface area contributed by atoms with Gasteiger partial charge >= 0.3 is 0 Å². The first-order chi connectivity index (χ1) is 8.59. The fraction of sp³-hybridized carbons (Fsp3) is 0.588. The highest BCUT2D eigenvalue weighted by Crippen LogP contribution is 2.42. The van der Waals surface area contributed by atoms with Crippen molar-refractivity contribution in [3.05, 3.63) is 34.9 Å². The van der Waals surface area contributed by atoms with E-state index in [0.29, 0.717) is 12.2 Å². The zero-order valence-corrected chi connectivity index (χ0v) is 11.9. The summed E-state index contributed by atoms with van der Waals surface area (Å²) in [6, 6.07) is 6.30. The number of Topliss-reactive ketones (excluding diaryl/α,β-unsaturated/α-hetero) is 1. The monoisotopic (exact) mass is 244 g/mol. The van der Waals surface area contributed by atoms with E-state index >= 15 is 0 Å². The fourth-order valence-electron chi connectivity index (χ4n) is 3.36. The van der Waals surface area contributed by atoms with Gasteiger partial charge in [-0.3, -0.25) is 4.79 Å². The first-order valence-electron chi connectivity index (χ1n) is 7.17. The van der Waals surface area contributed by atoms with Crippen molar-refractivity contribution in [3.63, 3.8) is 0 Å². The van der Waals surface area contributed by atoms with Gasteiger partial charge in [-0.25, -0.2) is 0 Å². The molecule has 2 rings (SSSR count). The lowest BCUT2D eigenvalue weighted by Gasteiger charge is -2.26. The highest BCUT2D eigenvalue weighted by molar-refractivity contribution is 5.87. The summed E-state index contributed by atoms with van der Waals surface area (Å²) in [6.45, 7) is 6.40. The van der Waals surface area contributed by atoms with Crippen molar-refractivity contribution in [3.8, 4) is 0 Å². The van der Waals surface area contributed by atoms with E-state index in [1.807, 2.05) is 0 Å². The van der Waals surface area contributed by atoms with E-state index in [-0.39, 0.29) is 5.41 Å². The fourth-order valence-corrected chi connectivity index (χ4v) is 3.36. The topological polar surface area (TPSA) is 17.1 Å². The van der Waals surface area contributed by atoms with E-state index in [1.54, 1.807) is 0 Å². The molecule has 1 aromatic carbocycles. The Labute approximate surface area is 111 Å². The van der Waals surface area contributed by atoms with Gasteiger partial charge in [0.1, 0.15) is 5.78 Å². The van der Waals surface area contributed by atoms with Gasteiger partial charge in [-0.15, -0.1) is 0 Å². The number of hydrogen-bond donors (Lipinski definition) is 0. The Bertz CT molecular complexity index is 419. The third kappa shape index (κ3) is 2.36. The average molecular weight is 244 g/mol. The molecular weight excluding hydrogens is 220 g/mol. The Morgan fingerprint density at radius 3 is 2.22 bits per heavy atom. The maximum Gasteiger partial charge on any atom is 0.143 e. The maximum absolute atomic E-state index is 12.7. The molecule has 0 amide bonds. The molecule has 0 heterocycles. The molecule has 0 radical (unpaired) electrons. The minimum absolute atomic E-state index is 0.00524. The van der Waals surface area contributed by atoms with Gasteiger partial charge in [-0.05, 0) is 49.8 Å². The second kappa shape index (κ2) is 5.26. The molecule has 1 saturated carbocycles. The van der Waals surface area contributed by atoms with Gasteiger partial charge in [0.25, 0.3) is 0 Å². The highest BCUT2D eigenvalue weighted by atomic mass is 16.1. The molecule has 1 heteroatoms. The summed E-state index contributed by atoms with van der Waals surface area (Å²) in [5.74, 6) is 0.472. The Morgan fingerprint density at radius 1 is 1.17 bits per heavy atom. The maximum atomic E-state index is 12.7. The number of aryl methyl sites for hydroxylation is 2. The van der Waals surface area contributed by atoms with Crippen LogP contribution in [0.1, 0.15) is 55.7 Å². The molecule has 0 unspecified atom stereocenters. The van der Waals surface area contributed by atoms with E-state index in [9.17, 15) is 4.79 Å². The molecule has 0 aromatic heterocycles. The number of carbonyl (C=O) groups excluding carboxylic acids is 1. The van der Waals surface area contributed by atoms with Gasteiger partial charge in [0.15, 0.2) is 0 Å². The van der Waals surface area contributed by atoms with Gasteiger partial charge in [0, 0.05) is 11.8 Å². The van der Waals surface area contributed by atoms with Gasteiger partial charge in [-0.1, -0.05) is 38.0 Å². The summed E-state index contributed by atoms with van der Waals surface area (Å²) in [6.07, 6.45) is 6.31. The highest BCUT2D eigenvalue weighted by Gasteiger charge is 2.38. The van der Waals surface area contributed by atoms with Crippen molar-refractivity contribution in [2.24, 2.45) is 5.41 Å². The van der Waals surface area contributed by atoms with Gasteiger partial charge in [-0.2, -0.15) is 0 Å². The molecule has 98 valence electrons. The molecule has 0 N–H and O–H groups in total. The lowest BCUT2D eigenvalue weighted by atomic mass is 9.76. The third-order valence-electron chi connectivity index (χ3n) is 4.81. The summed E-state index contributed by atoms with van der Waals surface area (Å²) in [5.41, 5.74) is 3.76. The minimum atomic E-state index is -0.00524. The molecule has 0 atom stereocenters. The predicted octanol–water partition coefficient (Wildman–Crippen LogP) is 4.39. The van der Waals surface area contributed by atoms with Crippen LogP contribution >= 0.6 is 0 Å². The second-order valence-corrected chi connectivity index (χ2v) is 5.81. The second-order valence-electron chi connectivity index (χ2n) is 5.81. The number of benzene rings is 1. The number of ketones is 1. The molecule has 1 aliphatic carbocycles. The molecule has 1 fully saturated rings. The number of rotatable bonds is 4. The van der Waals surface area contributed by atoms with E-state index in [4.69, 9.17) is 0 Å². The van der Waals surface area contributed by atoms with E-state index in [2.05, 4.69) is 39.0 Å². The lowest BCUT2D eigenvalue weighted by Crippen LogP contribution is -2.29. The van der Waals surface area contributed by atoms with E-state index in [0.717, 1.165) is 19.3 Å². The Balaban J connectivity index is 2.21. The molecule has 1 aromatic rings. The van der Waals surface area contributed by atoms with Crippen LogP contribution in [0.2, 0.25) is 0 Å². The van der Waals surface area contributed by atoms with Crippen molar-refractivity contribution >= 4 is 5.78 Å². The van der Waals surface area contributed by atoms with E-state index < -0.39 is 0 Å². The smallest absolute Gasteiger partial charge is 0.143 e. The molecule has 1 nitrogen and oxygen atoms in total. The minimum Gasteiger partial charge on any atom is -0.299 e. The molecule has 0 saturated heterocycles. The van der Waals surface area contributed by atoms with Gasteiger partial charge in [0.2, 0.25) is 0 Å². The summed E-state index contributed by atoms with van der Waals surface area (Å²) in [7, 11) is 0. The Kier molecular flexibility index (Phi) is 3.89. The lowest BCUT2D eigenvalue weighted by molar-refractivity contribution is -0.128. The van der Waals surface area contributed by atoms with Crippen molar-refractivity contribution in [1.82, 2.24) is 0 Å². The molecule has 0 aliphatic heterocycles. The van der Waals surface area contributed by atoms with Crippen LogP contribution in [0.25, 0.3) is 0 Å². The normalized spacial score (nSPS) is 17.9. The van der Waals surface area contributed by atoms with Crippen molar-refractivity contribution in [1.29, 1.82) is 0 Å². The summed E-state index contributed by atoms with van der Waals surface area (Å²) >= 11 is 0. The largest absolute Gasteiger partial charge is 0.299 e. The van der Waals surface area contributed by atoms with Crippen LogP contribution in [0.4, 0.5) is 0 Å². The zero-order valence-electron chi connectivity index (χ0n) is 11.9. The van der Waals surface area contributed by atoms with Crippen LogP contribution in [-0.4, -0.2) is 5.78 Å². The number of carbonyl (C=O) groups is 1. The standard InChI is InChI=1S/C17H24O/c1-4-17(10-5-6-11-17)16(18)12-15-13(2)8-7-9-14(15)3/h7-9H,4-6,10-12H2,1-3H3. The van der Waals surface area contributed by atoms with Crippen LogP contribution in [0.5, 0.6) is 0 Å². The number of hydrogen-bond acceptors (Lipinski definition) is 1. The van der Waals surface area contributed by atoms with Crippen molar-refractivity contribution in [2.45, 2.75) is 59.3 Å². The van der Waals surface area contributed by atoms with Crippen LogP contribution in [0.3, 0.4) is 0 Å². The summed E-state index contributed by atoms with van der Waals surface area (Å²) in [5, 5.41) is 0. The van der Waals surface area contributed by atoms with Crippen molar-refractivity contribution in [2.75, 3.05) is 0 Å². The quantitative estimate of drug-likeness (QED) is 0.768. The first kappa shape index (κ1) is 13.3. The van der Waals surface area contributed by atoms with Crippen LogP contribution in [0, 0.1) is 19.3 Å². The Hall–Kier alpha value is -1.11. The SMILES string of the molecule is CCC1(C(=O)Cc2c(C)cccc2C)CCCC1. The van der Waals surface area contributed by atoms with Gasteiger partial charge < -0.3 is 0 Å². The molecule has 18 heavy (non-hydrogen) atoms. The molecule has 0 spiro atoms. The average Bonchev–Trinajstić information content (AvgIpc) is 2.84. The van der Waals surface area contributed by atoms with E-state index in [1.165, 1.54) is 29.5 Å².